The molecule has 0 aliphatic rings. The number of hydrogen-bond acceptors (Lipinski definition) is 5. The first-order valence-corrected chi connectivity index (χ1v) is 12.4. The molecule has 2 aromatic heterocycles. The lowest BCUT2D eigenvalue weighted by Gasteiger charge is -2.19. The summed E-state index contributed by atoms with van der Waals surface area (Å²) in [5, 5.41) is 2.70. The Morgan fingerprint density at radius 1 is 1.11 bits per heavy atom. The molecule has 0 atom stereocenters. The van der Waals surface area contributed by atoms with Crippen molar-refractivity contribution in [3.63, 3.8) is 0 Å². The SMILES string of the molecule is CCN(CC)S(=O)(=O)c1ccc(=O)n(CC(=O)Nc2ccc3nc(-c4cccc(F)c4)[nH]c3c2)c1. The summed E-state index contributed by atoms with van der Waals surface area (Å²) in [5.74, 6) is -0.394. The normalized spacial score (nSPS) is 11.8. The molecule has 1 amide bonds. The lowest BCUT2D eigenvalue weighted by molar-refractivity contribution is -0.116. The minimum absolute atomic E-state index is 0.0580. The van der Waals surface area contributed by atoms with Gasteiger partial charge >= 0.3 is 0 Å². The van der Waals surface area contributed by atoms with Gasteiger partial charge in [0.1, 0.15) is 18.2 Å². The second-order valence-corrected chi connectivity index (χ2v) is 9.73. The number of fused-ring (bicyclic) bond motifs is 1. The van der Waals surface area contributed by atoms with E-state index in [0.29, 0.717) is 28.1 Å². The van der Waals surface area contributed by atoms with Crippen molar-refractivity contribution in [3.05, 3.63) is 77.0 Å². The molecule has 2 N–H and O–H groups in total. The van der Waals surface area contributed by atoms with Gasteiger partial charge < -0.3 is 14.9 Å². The number of hydrogen-bond donors (Lipinski definition) is 2. The molecule has 0 saturated heterocycles. The van der Waals surface area contributed by atoms with E-state index in [1.54, 1.807) is 44.2 Å². The average molecular weight is 498 g/mol. The van der Waals surface area contributed by atoms with Gasteiger partial charge in [0.15, 0.2) is 0 Å². The van der Waals surface area contributed by atoms with E-state index in [0.717, 1.165) is 10.6 Å². The molecule has 2 heterocycles. The Balaban J connectivity index is 1.53. The van der Waals surface area contributed by atoms with Crippen LogP contribution in [0, 0.1) is 5.82 Å². The standard InChI is InChI=1S/C24H24FN5O4S/c1-3-30(4-2)35(33,34)19-9-11-23(32)29(14-19)15-22(31)26-18-8-10-20-21(13-18)28-24(27-20)16-6-5-7-17(25)12-16/h5-14H,3-4,15H2,1-2H3,(H,26,31)(H,27,28). The number of halogens is 1. The number of carbonyl (C=O) groups excluding carboxylic acids is 1. The van der Waals surface area contributed by atoms with Crippen LogP contribution < -0.4 is 10.9 Å². The van der Waals surface area contributed by atoms with Crippen LogP contribution in [-0.4, -0.2) is 46.3 Å². The van der Waals surface area contributed by atoms with Crippen LogP contribution in [0.5, 0.6) is 0 Å². The molecule has 0 aliphatic carbocycles. The number of benzene rings is 2. The van der Waals surface area contributed by atoms with E-state index in [1.165, 1.54) is 28.7 Å². The molecular weight excluding hydrogens is 473 g/mol. The quantitative estimate of drug-likeness (QED) is 0.388. The average Bonchev–Trinajstić information content (AvgIpc) is 3.24. The van der Waals surface area contributed by atoms with Crippen LogP contribution in [0.1, 0.15) is 13.8 Å². The van der Waals surface area contributed by atoms with Crippen LogP contribution in [0.4, 0.5) is 10.1 Å². The first-order chi connectivity index (χ1) is 16.7. The number of anilines is 1. The molecule has 11 heteroatoms. The number of aromatic amines is 1. The van der Waals surface area contributed by atoms with Gasteiger partial charge in [0.2, 0.25) is 15.9 Å². The third-order valence-electron chi connectivity index (χ3n) is 5.48. The van der Waals surface area contributed by atoms with Gasteiger partial charge in [-0.25, -0.2) is 17.8 Å². The molecule has 9 nitrogen and oxygen atoms in total. The summed E-state index contributed by atoms with van der Waals surface area (Å²) in [5.41, 5.74) is 1.81. The van der Waals surface area contributed by atoms with E-state index in [2.05, 4.69) is 15.3 Å². The summed E-state index contributed by atoms with van der Waals surface area (Å²) in [4.78, 5) is 32.4. The third-order valence-corrected chi connectivity index (χ3v) is 7.51. The zero-order valence-electron chi connectivity index (χ0n) is 19.2. The second-order valence-electron chi connectivity index (χ2n) is 7.80. The fraction of sp³-hybridized carbons (Fsp3) is 0.208. The molecule has 0 aliphatic heterocycles. The number of sulfonamides is 1. The topological polar surface area (TPSA) is 117 Å². The molecule has 0 fully saturated rings. The van der Waals surface area contributed by atoms with Crippen molar-refractivity contribution >= 4 is 32.7 Å². The molecule has 2 aromatic carbocycles. The molecule has 0 saturated carbocycles. The Bertz CT molecular complexity index is 1560. The molecule has 0 unspecified atom stereocenters. The molecule has 4 rings (SSSR count). The van der Waals surface area contributed by atoms with Crippen LogP contribution in [0.25, 0.3) is 22.4 Å². The highest BCUT2D eigenvalue weighted by Gasteiger charge is 2.22. The summed E-state index contributed by atoms with van der Waals surface area (Å²) >= 11 is 0. The number of nitrogens with zero attached hydrogens (tertiary/aromatic N) is 3. The number of amides is 1. The zero-order valence-corrected chi connectivity index (χ0v) is 20.0. The number of nitrogens with one attached hydrogen (secondary N) is 2. The van der Waals surface area contributed by atoms with Crippen LogP contribution >= 0.6 is 0 Å². The lowest BCUT2D eigenvalue weighted by Crippen LogP contribution is -2.33. The van der Waals surface area contributed by atoms with E-state index < -0.39 is 21.5 Å². The van der Waals surface area contributed by atoms with Gasteiger partial charge in [-0.15, -0.1) is 0 Å². The molecule has 4 aromatic rings. The van der Waals surface area contributed by atoms with Gasteiger partial charge in [0.05, 0.1) is 15.9 Å². The van der Waals surface area contributed by atoms with Gasteiger partial charge in [0, 0.05) is 36.6 Å². The second kappa shape index (κ2) is 9.80. The highest BCUT2D eigenvalue weighted by atomic mass is 32.2. The van der Waals surface area contributed by atoms with Crippen LogP contribution in [0.2, 0.25) is 0 Å². The van der Waals surface area contributed by atoms with Crippen LogP contribution in [-0.2, 0) is 21.4 Å². The molecule has 0 radical (unpaired) electrons. The third kappa shape index (κ3) is 5.15. The Morgan fingerprint density at radius 2 is 1.89 bits per heavy atom. The van der Waals surface area contributed by atoms with Gasteiger partial charge in [-0.2, -0.15) is 4.31 Å². The van der Waals surface area contributed by atoms with E-state index in [-0.39, 0.29) is 30.3 Å². The van der Waals surface area contributed by atoms with Crippen molar-refractivity contribution < 1.29 is 17.6 Å². The van der Waals surface area contributed by atoms with Crippen molar-refractivity contribution in [2.24, 2.45) is 0 Å². The van der Waals surface area contributed by atoms with Crippen LogP contribution in [0.3, 0.4) is 0 Å². The largest absolute Gasteiger partial charge is 0.338 e. The van der Waals surface area contributed by atoms with Crippen molar-refractivity contribution in [1.82, 2.24) is 18.8 Å². The predicted molar refractivity (Wildman–Crippen MR) is 131 cm³/mol. The zero-order chi connectivity index (χ0) is 25.2. The number of rotatable bonds is 8. The summed E-state index contributed by atoms with van der Waals surface area (Å²) in [6.45, 7) is 3.66. The van der Waals surface area contributed by atoms with Crippen molar-refractivity contribution in [2.75, 3.05) is 18.4 Å². The van der Waals surface area contributed by atoms with Crippen LogP contribution in [0.15, 0.2) is 70.5 Å². The van der Waals surface area contributed by atoms with Gasteiger partial charge in [-0.3, -0.25) is 9.59 Å². The fourth-order valence-corrected chi connectivity index (χ4v) is 5.19. The highest BCUT2D eigenvalue weighted by Crippen LogP contribution is 2.23. The fourth-order valence-electron chi connectivity index (χ4n) is 3.71. The molecular formula is C24H24FN5O4S. The maximum atomic E-state index is 13.5. The Kier molecular flexibility index (Phi) is 6.81. The minimum Gasteiger partial charge on any atom is -0.338 e. The maximum Gasteiger partial charge on any atom is 0.251 e. The maximum absolute atomic E-state index is 13.5. The highest BCUT2D eigenvalue weighted by molar-refractivity contribution is 7.89. The van der Waals surface area contributed by atoms with E-state index in [9.17, 15) is 22.4 Å². The Labute approximate surface area is 201 Å². The molecule has 0 bridgehead atoms. The first kappa shape index (κ1) is 24.3. The van der Waals surface area contributed by atoms with Gasteiger partial charge in [-0.1, -0.05) is 26.0 Å². The number of aromatic nitrogens is 3. The van der Waals surface area contributed by atoms with E-state index in [1.807, 2.05) is 0 Å². The molecule has 35 heavy (non-hydrogen) atoms. The molecule has 182 valence electrons. The van der Waals surface area contributed by atoms with E-state index in [4.69, 9.17) is 0 Å². The number of carbonyl (C=O) groups is 1. The monoisotopic (exact) mass is 497 g/mol. The Hall–Kier alpha value is -3.83. The number of pyridine rings is 1. The van der Waals surface area contributed by atoms with Gasteiger partial charge in [0.25, 0.3) is 5.56 Å². The summed E-state index contributed by atoms with van der Waals surface area (Å²) in [6, 6.07) is 13.4. The smallest absolute Gasteiger partial charge is 0.251 e. The lowest BCUT2D eigenvalue weighted by atomic mass is 10.2. The van der Waals surface area contributed by atoms with Gasteiger partial charge in [-0.05, 0) is 36.4 Å². The summed E-state index contributed by atoms with van der Waals surface area (Å²) in [6.07, 6.45) is 1.18. The summed E-state index contributed by atoms with van der Waals surface area (Å²) < 4.78 is 41.4. The number of H-pyrrole nitrogens is 1. The predicted octanol–water partition coefficient (Wildman–Crippen LogP) is 3.20. The van der Waals surface area contributed by atoms with Crippen molar-refractivity contribution in [2.45, 2.75) is 25.3 Å². The molecule has 0 spiro atoms. The van der Waals surface area contributed by atoms with Crippen molar-refractivity contribution in [3.8, 4) is 11.4 Å². The summed E-state index contributed by atoms with van der Waals surface area (Å²) in [7, 11) is -3.78. The Morgan fingerprint density at radius 3 is 2.60 bits per heavy atom. The van der Waals surface area contributed by atoms with E-state index >= 15 is 0 Å². The first-order valence-electron chi connectivity index (χ1n) is 11.0. The number of imidazole rings is 1. The van der Waals surface area contributed by atoms with Crippen molar-refractivity contribution in [1.29, 1.82) is 0 Å². The minimum atomic E-state index is -3.78.